The van der Waals surface area contributed by atoms with Crippen molar-refractivity contribution in [1.29, 1.82) is 0 Å². The van der Waals surface area contributed by atoms with Gasteiger partial charge in [-0.15, -0.1) is 5.10 Å². The zero-order valence-corrected chi connectivity index (χ0v) is 12.6. The largest absolute Gasteiger partial charge is 0.319 e. The molecule has 1 aromatic carbocycles. The maximum atomic E-state index is 11.8. The summed E-state index contributed by atoms with van der Waals surface area (Å²) in [6.07, 6.45) is 1.28. The predicted molar refractivity (Wildman–Crippen MR) is 75.7 cm³/mol. The summed E-state index contributed by atoms with van der Waals surface area (Å²) >= 11 is 12.7. The number of aromatic nitrogens is 2. The van der Waals surface area contributed by atoms with E-state index in [2.05, 4.69) is 14.9 Å². The second-order valence-corrected chi connectivity index (χ2v) is 6.70. The quantitative estimate of drug-likeness (QED) is 0.872. The lowest BCUT2D eigenvalue weighted by Crippen LogP contribution is -2.14. The van der Waals surface area contributed by atoms with E-state index in [1.54, 1.807) is 0 Å². The molecule has 0 radical (unpaired) electrons. The van der Waals surface area contributed by atoms with Crippen LogP contribution in [0.4, 0.5) is 5.69 Å². The van der Waals surface area contributed by atoms with E-state index < -0.39 is 15.9 Å². The summed E-state index contributed by atoms with van der Waals surface area (Å²) in [5.74, 6) is -0.507. The number of sulfonamides is 1. The molecule has 20 heavy (non-hydrogen) atoms. The molecule has 3 N–H and O–H groups in total. The van der Waals surface area contributed by atoms with Crippen LogP contribution in [0, 0.1) is 0 Å². The minimum atomic E-state index is -3.94. The fourth-order valence-electron chi connectivity index (χ4n) is 1.28. The standard InChI is InChI=1S/C9H6Cl2N4O3S2/c10-5-1-4(20(12,17)18)2-6(11)8(5)14-9(16)7-3-13-15-19-7/h1-3H,(H,14,16)(H2,12,17,18). The number of benzene rings is 1. The topological polar surface area (TPSA) is 115 Å². The van der Waals surface area contributed by atoms with Crippen LogP contribution in [0.2, 0.25) is 10.0 Å². The summed E-state index contributed by atoms with van der Waals surface area (Å²) in [5, 5.41) is 10.9. The van der Waals surface area contributed by atoms with Crippen molar-refractivity contribution in [3.05, 3.63) is 33.3 Å². The molecule has 0 saturated carbocycles. The molecule has 0 fully saturated rings. The smallest absolute Gasteiger partial charge is 0.269 e. The fraction of sp³-hybridized carbons (Fsp3) is 0. The number of anilines is 1. The molecule has 1 heterocycles. The van der Waals surface area contributed by atoms with Gasteiger partial charge in [0, 0.05) is 0 Å². The average molecular weight is 353 g/mol. The Labute approximate surface area is 127 Å². The molecular formula is C9H6Cl2N4O3S2. The summed E-state index contributed by atoms with van der Waals surface area (Å²) in [5.41, 5.74) is 0.0825. The minimum Gasteiger partial charge on any atom is -0.319 e. The zero-order chi connectivity index (χ0) is 14.9. The average Bonchev–Trinajstić information content (AvgIpc) is 2.85. The molecule has 0 aliphatic carbocycles. The maximum absolute atomic E-state index is 11.8. The molecule has 1 amide bonds. The summed E-state index contributed by atoms with van der Waals surface area (Å²) in [6.45, 7) is 0. The number of carbonyl (C=O) groups excluding carboxylic acids is 1. The highest BCUT2D eigenvalue weighted by molar-refractivity contribution is 7.89. The Bertz CT molecular complexity index is 738. The van der Waals surface area contributed by atoms with Crippen molar-refractivity contribution in [2.24, 2.45) is 5.14 Å². The van der Waals surface area contributed by atoms with E-state index in [0.29, 0.717) is 0 Å². The molecule has 11 heteroatoms. The lowest BCUT2D eigenvalue weighted by atomic mass is 10.3. The van der Waals surface area contributed by atoms with E-state index in [-0.39, 0.29) is 25.5 Å². The van der Waals surface area contributed by atoms with Crippen molar-refractivity contribution in [3.63, 3.8) is 0 Å². The highest BCUT2D eigenvalue weighted by Gasteiger charge is 2.17. The first-order valence-electron chi connectivity index (χ1n) is 4.89. The number of nitrogens with one attached hydrogen (secondary N) is 1. The molecule has 2 aromatic rings. The molecule has 0 aliphatic heterocycles. The lowest BCUT2D eigenvalue weighted by Gasteiger charge is -2.09. The SMILES string of the molecule is NS(=O)(=O)c1cc(Cl)c(NC(=O)c2cnns2)c(Cl)c1. The van der Waals surface area contributed by atoms with Gasteiger partial charge in [-0.25, -0.2) is 13.6 Å². The molecule has 2 rings (SSSR count). The first-order chi connectivity index (χ1) is 9.29. The molecule has 0 saturated heterocycles. The van der Waals surface area contributed by atoms with Crippen LogP contribution in [0.15, 0.2) is 23.2 Å². The number of amides is 1. The Morgan fingerprint density at radius 1 is 1.30 bits per heavy atom. The van der Waals surface area contributed by atoms with E-state index in [9.17, 15) is 13.2 Å². The van der Waals surface area contributed by atoms with Gasteiger partial charge >= 0.3 is 0 Å². The number of hydrogen-bond donors (Lipinski definition) is 2. The van der Waals surface area contributed by atoms with Crippen molar-refractivity contribution in [2.75, 3.05) is 5.32 Å². The van der Waals surface area contributed by atoms with E-state index in [1.165, 1.54) is 6.20 Å². The van der Waals surface area contributed by atoms with Crippen molar-refractivity contribution in [1.82, 2.24) is 9.59 Å². The normalized spacial score (nSPS) is 11.3. The third-order valence-electron chi connectivity index (χ3n) is 2.17. The van der Waals surface area contributed by atoms with Gasteiger partial charge in [0.1, 0.15) is 4.88 Å². The number of primary sulfonamides is 1. The Morgan fingerprint density at radius 3 is 2.35 bits per heavy atom. The van der Waals surface area contributed by atoms with Gasteiger partial charge in [-0.2, -0.15) is 0 Å². The number of rotatable bonds is 3. The van der Waals surface area contributed by atoms with Crippen molar-refractivity contribution in [2.45, 2.75) is 4.90 Å². The predicted octanol–water partition coefficient (Wildman–Crippen LogP) is 1.74. The Kier molecular flexibility index (Phi) is 4.25. The van der Waals surface area contributed by atoms with Crippen LogP contribution in [0.25, 0.3) is 0 Å². The number of nitrogens with two attached hydrogens (primary N) is 1. The van der Waals surface area contributed by atoms with Crippen LogP contribution in [-0.4, -0.2) is 23.9 Å². The molecule has 106 valence electrons. The van der Waals surface area contributed by atoms with Gasteiger partial charge in [0.25, 0.3) is 5.91 Å². The molecule has 0 bridgehead atoms. The van der Waals surface area contributed by atoms with E-state index >= 15 is 0 Å². The molecule has 1 aromatic heterocycles. The van der Waals surface area contributed by atoms with E-state index in [4.69, 9.17) is 28.3 Å². The number of hydrogen-bond acceptors (Lipinski definition) is 6. The van der Waals surface area contributed by atoms with Gasteiger partial charge in [0.2, 0.25) is 10.0 Å². The molecule has 0 spiro atoms. The summed E-state index contributed by atoms with van der Waals surface area (Å²) in [6, 6.07) is 2.20. The summed E-state index contributed by atoms with van der Waals surface area (Å²) in [4.78, 5) is 11.8. The zero-order valence-electron chi connectivity index (χ0n) is 9.50. The van der Waals surface area contributed by atoms with E-state index in [0.717, 1.165) is 23.7 Å². The van der Waals surface area contributed by atoms with Crippen molar-refractivity contribution in [3.8, 4) is 0 Å². The number of halogens is 2. The van der Waals surface area contributed by atoms with Crippen LogP contribution >= 0.6 is 34.7 Å². The van der Waals surface area contributed by atoms with Gasteiger partial charge in [0.15, 0.2) is 0 Å². The number of nitrogens with zero attached hydrogens (tertiary/aromatic N) is 2. The van der Waals surface area contributed by atoms with Gasteiger partial charge < -0.3 is 5.32 Å². The Balaban J connectivity index is 2.37. The molecule has 0 atom stereocenters. The second-order valence-electron chi connectivity index (χ2n) is 3.54. The summed E-state index contributed by atoms with van der Waals surface area (Å²) < 4.78 is 26.0. The van der Waals surface area contributed by atoms with Gasteiger partial charge in [-0.05, 0) is 23.7 Å². The number of carbonyl (C=O) groups is 1. The highest BCUT2D eigenvalue weighted by Crippen LogP contribution is 2.33. The lowest BCUT2D eigenvalue weighted by molar-refractivity contribution is 0.103. The maximum Gasteiger partial charge on any atom is 0.269 e. The second kappa shape index (κ2) is 5.62. The first kappa shape index (κ1) is 15.1. The van der Waals surface area contributed by atoms with Crippen LogP contribution < -0.4 is 10.5 Å². The van der Waals surface area contributed by atoms with Crippen LogP contribution in [0.5, 0.6) is 0 Å². The van der Waals surface area contributed by atoms with Crippen LogP contribution in [0.1, 0.15) is 9.67 Å². The molecule has 0 aliphatic rings. The third-order valence-corrected chi connectivity index (χ3v) is 4.32. The first-order valence-corrected chi connectivity index (χ1v) is 7.97. The third kappa shape index (κ3) is 3.25. The summed E-state index contributed by atoms with van der Waals surface area (Å²) in [7, 11) is -3.94. The van der Waals surface area contributed by atoms with E-state index in [1.807, 2.05) is 0 Å². The highest BCUT2D eigenvalue weighted by atomic mass is 35.5. The Morgan fingerprint density at radius 2 is 1.90 bits per heavy atom. The van der Waals surface area contributed by atoms with Crippen molar-refractivity contribution < 1.29 is 13.2 Å². The minimum absolute atomic E-state index is 0.0488. The fourth-order valence-corrected chi connectivity index (χ4v) is 2.96. The van der Waals surface area contributed by atoms with Crippen molar-refractivity contribution >= 4 is 56.4 Å². The Hall–Kier alpha value is -1.26. The van der Waals surface area contributed by atoms with Gasteiger partial charge in [0.05, 0.1) is 26.8 Å². The molecule has 0 unspecified atom stereocenters. The molecule has 7 nitrogen and oxygen atoms in total. The van der Waals surface area contributed by atoms with Gasteiger partial charge in [-0.1, -0.05) is 27.7 Å². The molecular weight excluding hydrogens is 347 g/mol. The van der Waals surface area contributed by atoms with Gasteiger partial charge in [-0.3, -0.25) is 4.79 Å². The van der Waals surface area contributed by atoms with Crippen LogP contribution in [-0.2, 0) is 10.0 Å². The van der Waals surface area contributed by atoms with Crippen LogP contribution in [0.3, 0.4) is 0 Å². The monoisotopic (exact) mass is 352 g/mol.